The first-order valence-corrected chi connectivity index (χ1v) is 6.92. The molecule has 0 saturated carbocycles. The molecule has 2 aromatic rings. The lowest BCUT2D eigenvalue weighted by Gasteiger charge is -2.14. The average molecular weight is 282 g/mol. The minimum absolute atomic E-state index is 0.0622. The topological polar surface area (TPSA) is 62.7 Å². The molecule has 0 aliphatic rings. The van der Waals surface area contributed by atoms with Gasteiger partial charge < -0.3 is 5.32 Å². The van der Waals surface area contributed by atoms with Crippen LogP contribution in [0.15, 0.2) is 17.5 Å². The molecule has 1 atom stereocenters. The van der Waals surface area contributed by atoms with E-state index in [0.717, 1.165) is 4.88 Å². The number of H-pyrrole nitrogens is 1. The summed E-state index contributed by atoms with van der Waals surface area (Å²) in [5, 5.41) is 11.7. The van der Waals surface area contributed by atoms with Crippen molar-refractivity contribution in [3.63, 3.8) is 0 Å². The van der Waals surface area contributed by atoms with Gasteiger partial charge in [0.05, 0.1) is 4.88 Å². The van der Waals surface area contributed by atoms with Crippen LogP contribution in [-0.2, 0) is 4.79 Å². The Kier molecular flexibility index (Phi) is 3.93. The van der Waals surface area contributed by atoms with Crippen LogP contribution in [0.5, 0.6) is 0 Å². The standard InChI is InChI=1S/C11H14N4OS2/c1-3-12-10(16)7(2)15-9(13-14-11(15)17)8-5-4-6-18-8/h4-7H,3H2,1-2H3,(H,12,16)(H,14,17). The van der Waals surface area contributed by atoms with Crippen molar-refractivity contribution in [3.8, 4) is 10.7 Å². The summed E-state index contributed by atoms with van der Waals surface area (Å²) < 4.78 is 2.20. The summed E-state index contributed by atoms with van der Waals surface area (Å²) in [5.41, 5.74) is 0. The van der Waals surface area contributed by atoms with Crippen molar-refractivity contribution in [3.05, 3.63) is 22.3 Å². The van der Waals surface area contributed by atoms with Crippen LogP contribution in [0.3, 0.4) is 0 Å². The fraction of sp³-hybridized carbons (Fsp3) is 0.364. The van der Waals surface area contributed by atoms with E-state index in [4.69, 9.17) is 12.2 Å². The molecule has 0 aromatic carbocycles. The van der Waals surface area contributed by atoms with Crippen molar-refractivity contribution in [1.29, 1.82) is 0 Å². The van der Waals surface area contributed by atoms with Gasteiger partial charge >= 0.3 is 0 Å². The maximum Gasteiger partial charge on any atom is 0.242 e. The van der Waals surface area contributed by atoms with Crippen LogP contribution in [0.25, 0.3) is 10.7 Å². The predicted octanol–water partition coefficient (Wildman–Crippen LogP) is 2.37. The molecule has 0 aliphatic carbocycles. The SMILES string of the molecule is CCNC(=O)C(C)n1c(-c2cccs2)n[nH]c1=S. The highest BCUT2D eigenvalue weighted by atomic mass is 32.1. The van der Waals surface area contributed by atoms with Crippen molar-refractivity contribution < 1.29 is 4.79 Å². The first-order chi connectivity index (χ1) is 8.65. The number of thiophene rings is 1. The summed E-state index contributed by atoms with van der Waals surface area (Å²) >= 11 is 6.76. The molecule has 0 aliphatic heterocycles. The lowest BCUT2D eigenvalue weighted by Crippen LogP contribution is -2.31. The minimum Gasteiger partial charge on any atom is -0.355 e. The Morgan fingerprint density at radius 1 is 1.72 bits per heavy atom. The maximum atomic E-state index is 11.9. The fourth-order valence-corrected chi connectivity index (χ4v) is 2.68. The van der Waals surface area contributed by atoms with E-state index in [1.807, 2.05) is 31.4 Å². The van der Waals surface area contributed by atoms with Gasteiger partial charge in [-0.05, 0) is 37.5 Å². The van der Waals surface area contributed by atoms with Crippen LogP contribution >= 0.6 is 23.6 Å². The van der Waals surface area contributed by atoms with Gasteiger partial charge in [0.1, 0.15) is 6.04 Å². The molecule has 0 spiro atoms. The third-order valence-corrected chi connectivity index (χ3v) is 3.72. The molecule has 0 bridgehead atoms. The Morgan fingerprint density at radius 2 is 2.50 bits per heavy atom. The Bertz CT molecular complexity index is 584. The van der Waals surface area contributed by atoms with Crippen molar-refractivity contribution in [1.82, 2.24) is 20.1 Å². The third kappa shape index (κ3) is 2.37. The quantitative estimate of drug-likeness (QED) is 0.846. The van der Waals surface area contributed by atoms with Crippen LogP contribution in [-0.4, -0.2) is 27.2 Å². The van der Waals surface area contributed by atoms with E-state index in [0.29, 0.717) is 17.1 Å². The first kappa shape index (κ1) is 13.0. The summed E-state index contributed by atoms with van der Waals surface area (Å²) in [4.78, 5) is 12.9. The molecule has 0 radical (unpaired) electrons. The number of rotatable bonds is 4. The van der Waals surface area contributed by atoms with Gasteiger partial charge in [-0.3, -0.25) is 14.5 Å². The third-order valence-electron chi connectivity index (χ3n) is 2.56. The van der Waals surface area contributed by atoms with Crippen molar-refractivity contribution >= 4 is 29.5 Å². The van der Waals surface area contributed by atoms with Gasteiger partial charge in [-0.15, -0.1) is 11.3 Å². The number of carbonyl (C=O) groups excluding carboxylic acids is 1. The molecule has 1 unspecified atom stereocenters. The average Bonchev–Trinajstić information content (AvgIpc) is 2.97. The molecule has 2 N–H and O–H groups in total. The number of nitrogens with zero attached hydrogens (tertiary/aromatic N) is 2. The Balaban J connectivity index is 2.42. The zero-order valence-corrected chi connectivity index (χ0v) is 11.8. The number of aromatic amines is 1. The molecule has 7 heteroatoms. The number of amides is 1. The van der Waals surface area contributed by atoms with Crippen LogP contribution in [0.4, 0.5) is 0 Å². The molecule has 2 rings (SSSR count). The molecule has 0 fully saturated rings. The first-order valence-electron chi connectivity index (χ1n) is 5.63. The van der Waals surface area contributed by atoms with Gasteiger partial charge in [-0.2, -0.15) is 5.10 Å². The predicted molar refractivity (Wildman–Crippen MR) is 74.1 cm³/mol. The lowest BCUT2D eigenvalue weighted by molar-refractivity contribution is -0.123. The largest absolute Gasteiger partial charge is 0.355 e. The van der Waals surface area contributed by atoms with Gasteiger partial charge in [-0.1, -0.05) is 6.07 Å². The second-order valence-electron chi connectivity index (χ2n) is 3.77. The number of aromatic nitrogens is 3. The van der Waals surface area contributed by atoms with E-state index in [1.165, 1.54) is 0 Å². The number of likely N-dealkylation sites (N-methyl/N-ethyl adjacent to an activating group) is 1. The molecule has 1 amide bonds. The van der Waals surface area contributed by atoms with Gasteiger partial charge in [-0.25, -0.2) is 0 Å². The number of nitrogens with one attached hydrogen (secondary N) is 2. The van der Waals surface area contributed by atoms with Gasteiger partial charge in [0.25, 0.3) is 0 Å². The van der Waals surface area contributed by atoms with E-state index in [-0.39, 0.29) is 11.9 Å². The smallest absolute Gasteiger partial charge is 0.242 e. The Labute approximate surface area is 114 Å². The van der Waals surface area contributed by atoms with Crippen LogP contribution in [0.2, 0.25) is 0 Å². The molecular weight excluding hydrogens is 268 g/mol. The second kappa shape index (κ2) is 5.45. The van der Waals surface area contributed by atoms with E-state index >= 15 is 0 Å². The van der Waals surface area contributed by atoms with Crippen LogP contribution in [0, 0.1) is 4.77 Å². The monoisotopic (exact) mass is 282 g/mol. The Hall–Kier alpha value is -1.47. The molecule has 96 valence electrons. The molecule has 18 heavy (non-hydrogen) atoms. The number of hydrogen-bond donors (Lipinski definition) is 2. The van der Waals surface area contributed by atoms with E-state index in [2.05, 4.69) is 15.5 Å². The van der Waals surface area contributed by atoms with Gasteiger partial charge in [0.2, 0.25) is 5.91 Å². The maximum absolute atomic E-state index is 11.9. The molecule has 2 heterocycles. The van der Waals surface area contributed by atoms with Crippen LogP contribution < -0.4 is 5.32 Å². The summed E-state index contributed by atoms with van der Waals surface area (Å²) in [6, 6.07) is 3.52. The summed E-state index contributed by atoms with van der Waals surface area (Å²) in [5.74, 6) is 0.640. The molecule has 2 aromatic heterocycles. The van der Waals surface area contributed by atoms with Gasteiger partial charge in [0.15, 0.2) is 10.6 Å². The highest BCUT2D eigenvalue weighted by Gasteiger charge is 2.20. The second-order valence-corrected chi connectivity index (χ2v) is 5.10. The van der Waals surface area contributed by atoms with Crippen molar-refractivity contribution in [2.45, 2.75) is 19.9 Å². The van der Waals surface area contributed by atoms with Crippen LogP contribution in [0.1, 0.15) is 19.9 Å². The summed E-state index contributed by atoms with van der Waals surface area (Å²) in [7, 11) is 0. The lowest BCUT2D eigenvalue weighted by atomic mass is 10.3. The van der Waals surface area contributed by atoms with Crippen molar-refractivity contribution in [2.75, 3.05) is 6.54 Å². The van der Waals surface area contributed by atoms with E-state index < -0.39 is 0 Å². The zero-order valence-electron chi connectivity index (χ0n) is 10.1. The normalized spacial score (nSPS) is 12.3. The van der Waals surface area contributed by atoms with Gasteiger partial charge in [0, 0.05) is 6.54 Å². The summed E-state index contributed by atoms with van der Waals surface area (Å²) in [6.07, 6.45) is 0. The van der Waals surface area contributed by atoms with E-state index in [1.54, 1.807) is 15.9 Å². The highest BCUT2D eigenvalue weighted by Crippen LogP contribution is 2.25. The highest BCUT2D eigenvalue weighted by molar-refractivity contribution is 7.71. The summed E-state index contributed by atoms with van der Waals surface area (Å²) in [6.45, 7) is 4.30. The molecule has 0 saturated heterocycles. The van der Waals surface area contributed by atoms with E-state index in [9.17, 15) is 4.79 Å². The fourth-order valence-electron chi connectivity index (χ4n) is 1.68. The number of carbonyl (C=O) groups is 1. The zero-order chi connectivity index (χ0) is 13.1. The van der Waals surface area contributed by atoms with Crippen molar-refractivity contribution in [2.24, 2.45) is 0 Å². The Morgan fingerprint density at radius 3 is 3.11 bits per heavy atom. The minimum atomic E-state index is -0.381. The molecular formula is C11H14N4OS2. The number of hydrogen-bond acceptors (Lipinski definition) is 4. The molecule has 5 nitrogen and oxygen atoms in total.